The van der Waals surface area contributed by atoms with Gasteiger partial charge in [-0.25, -0.2) is 0 Å². The number of aromatic nitrogens is 2. The van der Waals surface area contributed by atoms with Gasteiger partial charge in [-0.3, -0.25) is 14.6 Å². The number of fused-ring (bicyclic) bond motifs is 2. The third-order valence-electron chi connectivity index (χ3n) is 10.3. The molecular weight excluding hydrogens is 604 g/mol. The molecule has 3 fully saturated rings. The van der Waals surface area contributed by atoms with Crippen LogP contribution in [0.3, 0.4) is 0 Å². The summed E-state index contributed by atoms with van der Waals surface area (Å²) in [6.45, 7) is 11.3. The van der Waals surface area contributed by atoms with Gasteiger partial charge >= 0.3 is 0 Å². The van der Waals surface area contributed by atoms with Crippen molar-refractivity contribution >= 4 is 27.7 Å². The highest BCUT2D eigenvalue weighted by Gasteiger charge is 2.23. The first-order valence-corrected chi connectivity index (χ1v) is 17.9. The second-order valence-corrected chi connectivity index (χ2v) is 13.7. The summed E-state index contributed by atoms with van der Waals surface area (Å²) in [4.78, 5) is 29.5. The second kappa shape index (κ2) is 15.3. The van der Waals surface area contributed by atoms with Gasteiger partial charge in [0.2, 0.25) is 5.91 Å². The van der Waals surface area contributed by atoms with Crippen molar-refractivity contribution < 1.29 is 19.0 Å². The highest BCUT2D eigenvalue weighted by Crippen LogP contribution is 2.38. The van der Waals surface area contributed by atoms with Gasteiger partial charge in [0.05, 0.1) is 29.9 Å². The number of hydrogen-bond acceptors (Lipinski definition) is 7. The second-order valence-electron chi connectivity index (χ2n) is 13.7. The Bertz CT molecular complexity index is 1680. The summed E-state index contributed by atoms with van der Waals surface area (Å²) < 4.78 is 17.9. The van der Waals surface area contributed by atoms with Crippen molar-refractivity contribution in [3.05, 3.63) is 47.7 Å². The lowest BCUT2D eigenvalue weighted by atomic mass is 10.1. The standard InChI is InChI=1S/C38H51N6O4/c1-41-17-19-44(20-18-41)36(45)8-7-21-47-34-11-9-28-24-33(40-37(28)31(34)26-42-13-3-4-14-42)30-25-39-38-29(30)10-12-35(48-23-22-46-2)32(38)27-43-15-5-6-16-43/h9-12,25,39-40H,3-8,13-23,26-27H2,1-2H3. The average molecular weight is 656 g/mol. The third kappa shape index (κ3) is 7.37. The number of amides is 1. The van der Waals surface area contributed by atoms with Crippen LogP contribution in [0.2, 0.25) is 0 Å². The number of aromatic amines is 2. The molecule has 3 saturated heterocycles. The van der Waals surface area contributed by atoms with E-state index in [1.165, 1.54) is 36.8 Å². The molecule has 1 radical (unpaired) electrons. The minimum absolute atomic E-state index is 0.235. The van der Waals surface area contributed by atoms with Gasteiger partial charge in [-0.1, -0.05) is 0 Å². The Morgan fingerprint density at radius 1 is 0.792 bits per heavy atom. The summed E-state index contributed by atoms with van der Waals surface area (Å²) in [5.41, 5.74) is 6.63. The van der Waals surface area contributed by atoms with Crippen LogP contribution >= 0.6 is 0 Å². The van der Waals surface area contributed by atoms with Gasteiger partial charge in [-0.2, -0.15) is 0 Å². The molecule has 0 saturated carbocycles. The van der Waals surface area contributed by atoms with E-state index in [2.05, 4.69) is 68.2 Å². The predicted octanol–water partition coefficient (Wildman–Crippen LogP) is 5.27. The molecule has 2 aromatic carbocycles. The molecule has 0 atom stereocenters. The van der Waals surface area contributed by atoms with Crippen molar-refractivity contribution in [3.8, 4) is 22.8 Å². The fraction of sp³-hybridized carbons (Fsp3) is 0.553. The first-order chi connectivity index (χ1) is 23.6. The van der Waals surface area contributed by atoms with E-state index in [-0.39, 0.29) is 5.91 Å². The zero-order chi connectivity index (χ0) is 32.9. The van der Waals surface area contributed by atoms with Gasteiger partial charge in [-0.05, 0) is 89.6 Å². The van der Waals surface area contributed by atoms with Gasteiger partial charge in [0, 0.05) is 92.5 Å². The first kappa shape index (κ1) is 33.0. The molecule has 5 heterocycles. The lowest BCUT2D eigenvalue weighted by Gasteiger charge is -2.32. The number of piperazine rings is 1. The van der Waals surface area contributed by atoms with Gasteiger partial charge in [0.25, 0.3) is 0 Å². The number of nitrogens with one attached hydrogen (secondary N) is 2. The number of methoxy groups -OCH3 is 1. The highest BCUT2D eigenvalue weighted by atomic mass is 16.5. The van der Waals surface area contributed by atoms with Crippen molar-refractivity contribution in [2.45, 2.75) is 51.6 Å². The molecule has 257 valence electrons. The maximum atomic E-state index is 12.8. The quantitative estimate of drug-likeness (QED) is 0.179. The Hall–Kier alpha value is -3.57. The molecule has 3 aliphatic rings. The predicted molar refractivity (Wildman–Crippen MR) is 190 cm³/mol. The number of H-pyrrole nitrogens is 2. The highest BCUT2D eigenvalue weighted by molar-refractivity contribution is 6.00. The van der Waals surface area contributed by atoms with Crippen LogP contribution in [0.5, 0.6) is 11.5 Å². The fourth-order valence-corrected chi connectivity index (χ4v) is 7.52. The van der Waals surface area contributed by atoms with E-state index in [0.29, 0.717) is 32.7 Å². The molecule has 0 unspecified atom stereocenters. The number of likely N-dealkylation sites (N-methyl/N-ethyl adjacent to an activating group) is 1. The summed E-state index contributed by atoms with van der Waals surface area (Å²) in [7, 11) is 3.82. The van der Waals surface area contributed by atoms with E-state index in [4.69, 9.17) is 14.2 Å². The Balaban J connectivity index is 1.14. The van der Waals surface area contributed by atoms with E-state index in [9.17, 15) is 4.79 Å². The van der Waals surface area contributed by atoms with Gasteiger partial charge in [-0.15, -0.1) is 0 Å². The summed E-state index contributed by atoms with van der Waals surface area (Å²) in [5, 5.41) is 2.22. The lowest BCUT2D eigenvalue weighted by molar-refractivity contribution is -0.133. The number of carbonyl (C=O) groups is 1. The van der Waals surface area contributed by atoms with Crippen molar-refractivity contribution in [1.82, 2.24) is 29.6 Å². The minimum Gasteiger partial charge on any atom is -0.493 e. The van der Waals surface area contributed by atoms with E-state index < -0.39 is 0 Å². The normalized spacial score (nSPS) is 18.1. The van der Waals surface area contributed by atoms with Crippen LogP contribution in [-0.2, 0) is 22.6 Å². The number of benzene rings is 2. The smallest absolute Gasteiger partial charge is 0.222 e. The molecule has 4 aromatic rings. The maximum absolute atomic E-state index is 12.8. The lowest BCUT2D eigenvalue weighted by Crippen LogP contribution is -2.47. The molecule has 0 spiro atoms. The van der Waals surface area contributed by atoms with Crippen LogP contribution in [0.1, 0.15) is 49.7 Å². The molecule has 7 rings (SSSR count). The number of nitrogens with zero attached hydrogens (tertiary/aromatic N) is 4. The van der Waals surface area contributed by atoms with Crippen molar-refractivity contribution in [3.63, 3.8) is 0 Å². The molecule has 2 N–H and O–H groups in total. The van der Waals surface area contributed by atoms with E-state index in [1.54, 1.807) is 7.11 Å². The number of ether oxygens (including phenoxy) is 3. The van der Waals surface area contributed by atoms with Crippen LogP contribution in [0.4, 0.5) is 0 Å². The Morgan fingerprint density at radius 3 is 2.12 bits per heavy atom. The Kier molecular flexibility index (Phi) is 10.5. The molecule has 0 bridgehead atoms. The fourth-order valence-electron chi connectivity index (χ4n) is 7.52. The molecule has 10 heteroatoms. The number of rotatable bonds is 14. The van der Waals surface area contributed by atoms with Crippen LogP contribution in [0, 0.1) is 6.07 Å². The summed E-state index contributed by atoms with van der Waals surface area (Å²) >= 11 is 0. The van der Waals surface area contributed by atoms with Crippen molar-refractivity contribution in [1.29, 1.82) is 0 Å². The third-order valence-corrected chi connectivity index (χ3v) is 10.3. The summed E-state index contributed by atoms with van der Waals surface area (Å²) in [6.07, 6.45) is 8.29. The number of hydrogen-bond donors (Lipinski definition) is 2. The molecule has 2 aromatic heterocycles. The number of carbonyl (C=O) groups excluding carboxylic acids is 1. The first-order valence-electron chi connectivity index (χ1n) is 17.9. The maximum Gasteiger partial charge on any atom is 0.222 e. The molecule has 48 heavy (non-hydrogen) atoms. The topological polar surface area (TPSA) is 89.3 Å². The average Bonchev–Trinajstić information content (AvgIpc) is 3.92. The van der Waals surface area contributed by atoms with Crippen molar-refractivity contribution in [2.24, 2.45) is 0 Å². The minimum atomic E-state index is 0.235. The van der Waals surface area contributed by atoms with E-state index in [1.807, 2.05) is 4.90 Å². The van der Waals surface area contributed by atoms with Gasteiger partial charge < -0.3 is 34.0 Å². The van der Waals surface area contributed by atoms with Crippen LogP contribution in [-0.4, -0.2) is 122 Å². The SMILES string of the molecule is COCCOc1ccc2c(-c3[c]c4ccc(OCCCC(=O)N5CCN(C)CC5)c(CN5CCCC5)c4[nH]3)c[nH]c2c1CN1CCCC1. The Labute approximate surface area is 284 Å². The summed E-state index contributed by atoms with van der Waals surface area (Å²) in [5.74, 6) is 2.05. The van der Waals surface area contributed by atoms with Gasteiger partial charge in [0.15, 0.2) is 0 Å². The molecule has 1 amide bonds. The molecule has 3 aliphatic heterocycles. The van der Waals surface area contributed by atoms with Gasteiger partial charge in [0.1, 0.15) is 18.1 Å². The number of likely N-dealkylation sites (tertiary alicyclic amines) is 2. The molecule has 10 nitrogen and oxygen atoms in total. The largest absolute Gasteiger partial charge is 0.493 e. The molecule has 0 aliphatic carbocycles. The van der Waals surface area contributed by atoms with E-state index in [0.717, 1.165) is 110 Å². The zero-order valence-electron chi connectivity index (χ0n) is 28.7. The summed E-state index contributed by atoms with van der Waals surface area (Å²) in [6, 6.07) is 12.2. The zero-order valence-corrected chi connectivity index (χ0v) is 28.7. The Morgan fingerprint density at radius 2 is 1.44 bits per heavy atom. The van der Waals surface area contributed by atoms with Crippen LogP contribution < -0.4 is 9.47 Å². The van der Waals surface area contributed by atoms with Crippen LogP contribution in [0.25, 0.3) is 33.1 Å². The van der Waals surface area contributed by atoms with E-state index >= 15 is 0 Å². The molecular formula is C38H51N6O4. The monoisotopic (exact) mass is 655 g/mol. The van der Waals surface area contributed by atoms with Crippen LogP contribution in [0.15, 0.2) is 30.5 Å². The van der Waals surface area contributed by atoms with Crippen molar-refractivity contribution in [2.75, 3.05) is 86.3 Å².